The summed E-state index contributed by atoms with van der Waals surface area (Å²) >= 11 is 0. The Balaban J connectivity index is 2.43. The number of nitrogens with zero attached hydrogens (tertiary/aromatic N) is 3. The van der Waals surface area contributed by atoms with Crippen LogP contribution in [0.1, 0.15) is 5.69 Å². The van der Waals surface area contributed by atoms with Crippen molar-refractivity contribution in [2.45, 2.75) is 6.92 Å². The average molecular weight is 163 g/mol. The maximum atomic E-state index is 5.41. The van der Waals surface area contributed by atoms with Gasteiger partial charge < -0.3 is 10.7 Å². The van der Waals surface area contributed by atoms with Gasteiger partial charge in [0.2, 0.25) is 0 Å². The Kier molecular flexibility index (Phi) is 1.36. The molecule has 0 fully saturated rings. The lowest BCUT2D eigenvalue weighted by Crippen LogP contribution is -1.95. The summed E-state index contributed by atoms with van der Waals surface area (Å²) in [4.78, 5) is 6.74. The molecule has 0 spiro atoms. The Morgan fingerprint density at radius 1 is 1.58 bits per heavy atom. The molecule has 5 nitrogen and oxygen atoms in total. The molecule has 0 atom stereocenters. The van der Waals surface area contributed by atoms with Crippen LogP contribution in [0.15, 0.2) is 18.5 Å². The van der Waals surface area contributed by atoms with Gasteiger partial charge in [-0.05, 0) is 13.0 Å². The molecule has 0 aromatic carbocycles. The molecule has 2 rings (SSSR count). The highest BCUT2D eigenvalue weighted by molar-refractivity contribution is 5.28. The number of aromatic amines is 1. The number of nitrogens with two attached hydrogens (primary N) is 1. The average Bonchev–Trinajstić information content (AvgIpc) is 2.58. The van der Waals surface area contributed by atoms with Gasteiger partial charge in [-0.1, -0.05) is 0 Å². The van der Waals surface area contributed by atoms with Crippen molar-refractivity contribution in [2.24, 2.45) is 0 Å². The van der Waals surface area contributed by atoms with Gasteiger partial charge in [0.1, 0.15) is 0 Å². The van der Waals surface area contributed by atoms with Gasteiger partial charge in [0, 0.05) is 6.20 Å². The van der Waals surface area contributed by atoms with Crippen LogP contribution in [-0.2, 0) is 0 Å². The molecule has 2 heterocycles. The van der Waals surface area contributed by atoms with Crippen molar-refractivity contribution >= 4 is 5.95 Å². The van der Waals surface area contributed by atoms with Crippen LogP contribution in [0, 0.1) is 6.92 Å². The fourth-order valence-corrected chi connectivity index (χ4v) is 0.992. The number of rotatable bonds is 1. The maximum Gasteiger partial charge on any atom is 0.199 e. The number of H-pyrrole nitrogens is 1. The molecular formula is C7H9N5. The Labute approximate surface area is 69.2 Å². The predicted molar refractivity (Wildman–Crippen MR) is 44.9 cm³/mol. The SMILES string of the molecule is Cc1ccn(-c2cnc(N)[nH]2)n1. The van der Waals surface area contributed by atoms with Crippen LogP contribution < -0.4 is 5.73 Å². The summed E-state index contributed by atoms with van der Waals surface area (Å²) in [6.07, 6.45) is 3.49. The Morgan fingerprint density at radius 3 is 2.92 bits per heavy atom. The van der Waals surface area contributed by atoms with E-state index in [-0.39, 0.29) is 0 Å². The number of hydrogen-bond acceptors (Lipinski definition) is 3. The highest BCUT2D eigenvalue weighted by Gasteiger charge is 1.99. The van der Waals surface area contributed by atoms with Gasteiger partial charge in [-0.3, -0.25) is 0 Å². The molecule has 2 aromatic heterocycles. The van der Waals surface area contributed by atoms with Crippen molar-refractivity contribution in [1.82, 2.24) is 19.7 Å². The van der Waals surface area contributed by atoms with Gasteiger partial charge in [0.25, 0.3) is 0 Å². The van der Waals surface area contributed by atoms with Gasteiger partial charge in [-0.25, -0.2) is 9.67 Å². The molecule has 0 radical (unpaired) electrons. The summed E-state index contributed by atoms with van der Waals surface area (Å²) < 4.78 is 1.69. The molecule has 0 aliphatic rings. The summed E-state index contributed by atoms with van der Waals surface area (Å²) in [5.74, 6) is 1.18. The molecule has 62 valence electrons. The van der Waals surface area contributed by atoms with E-state index in [9.17, 15) is 0 Å². The van der Waals surface area contributed by atoms with E-state index in [1.54, 1.807) is 10.9 Å². The monoisotopic (exact) mass is 163 g/mol. The third kappa shape index (κ3) is 1.05. The number of nitrogen functional groups attached to an aromatic ring is 1. The normalized spacial score (nSPS) is 10.4. The van der Waals surface area contributed by atoms with Gasteiger partial charge in [0.15, 0.2) is 11.8 Å². The second kappa shape index (κ2) is 2.37. The van der Waals surface area contributed by atoms with Crippen LogP contribution in [0.3, 0.4) is 0 Å². The van der Waals surface area contributed by atoms with E-state index in [2.05, 4.69) is 15.1 Å². The summed E-state index contributed by atoms with van der Waals surface area (Å²) in [6.45, 7) is 1.93. The fourth-order valence-electron chi connectivity index (χ4n) is 0.992. The molecule has 2 aromatic rings. The fraction of sp³-hybridized carbons (Fsp3) is 0.143. The van der Waals surface area contributed by atoms with Crippen LogP contribution in [0.5, 0.6) is 0 Å². The zero-order valence-electron chi connectivity index (χ0n) is 6.65. The smallest absolute Gasteiger partial charge is 0.199 e. The third-order valence-electron chi connectivity index (χ3n) is 1.55. The minimum Gasteiger partial charge on any atom is -0.369 e. The molecular weight excluding hydrogens is 154 g/mol. The molecule has 0 bridgehead atoms. The maximum absolute atomic E-state index is 5.41. The van der Waals surface area contributed by atoms with E-state index in [1.165, 1.54) is 0 Å². The molecule has 3 N–H and O–H groups in total. The highest BCUT2D eigenvalue weighted by Crippen LogP contribution is 2.04. The van der Waals surface area contributed by atoms with Gasteiger partial charge >= 0.3 is 0 Å². The molecule has 12 heavy (non-hydrogen) atoms. The Morgan fingerprint density at radius 2 is 2.42 bits per heavy atom. The van der Waals surface area contributed by atoms with Crippen LogP contribution >= 0.6 is 0 Å². The van der Waals surface area contributed by atoms with Crippen LogP contribution in [0.2, 0.25) is 0 Å². The van der Waals surface area contributed by atoms with Crippen molar-refractivity contribution in [1.29, 1.82) is 0 Å². The lowest BCUT2D eigenvalue weighted by Gasteiger charge is -1.93. The Bertz CT molecular complexity index is 348. The minimum atomic E-state index is 0.401. The molecule has 0 aliphatic carbocycles. The number of aromatic nitrogens is 4. The van der Waals surface area contributed by atoms with Crippen molar-refractivity contribution in [3.8, 4) is 5.82 Å². The van der Waals surface area contributed by atoms with E-state index in [0.29, 0.717) is 5.95 Å². The number of hydrogen-bond donors (Lipinski definition) is 2. The van der Waals surface area contributed by atoms with E-state index in [4.69, 9.17) is 5.73 Å². The largest absolute Gasteiger partial charge is 0.369 e. The summed E-state index contributed by atoms with van der Waals surface area (Å²) in [6, 6.07) is 1.91. The van der Waals surface area contributed by atoms with Crippen molar-refractivity contribution in [3.63, 3.8) is 0 Å². The van der Waals surface area contributed by atoms with E-state index >= 15 is 0 Å². The van der Waals surface area contributed by atoms with Gasteiger partial charge in [-0.15, -0.1) is 0 Å². The van der Waals surface area contributed by atoms with Gasteiger partial charge in [-0.2, -0.15) is 5.10 Å². The molecule has 0 saturated carbocycles. The van der Waals surface area contributed by atoms with Crippen LogP contribution in [0.25, 0.3) is 5.82 Å². The lowest BCUT2D eigenvalue weighted by atomic mass is 10.5. The summed E-state index contributed by atoms with van der Waals surface area (Å²) in [5, 5.41) is 4.18. The predicted octanol–water partition coefficient (Wildman–Crippen LogP) is 0.486. The summed E-state index contributed by atoms with van der Waals surface area (Å²) in [5.41, 5.74) is 6.38. The number of aryl methyl sites for hydroxylation is 1. The van der Waals surface area contributed by atoms with Crippen molar-refractivity contribution in [3.05, 3.63) is 24.2 Å². The van der Waals surface area contributed by atoms with Gasteiger partial charge in [0.05, 0.1) is 11.9 Å². The molecule has 0 unspecified atom stereocenters. The first-order chi connectivity index (χ1) is 5.75. The third-order valence-corrected chi connectivity index (χ3v) is 1.55. The van der Waals surface area contributed by atoms with E-state index in [0.717, 1.165) is 11.5 Å². The van der Waals surface area contributed by atoms with Crippen LogP contribution in [-0.4, -0.2) is 19.7 Å². The van der Waals surface area contributed by atoms with Crippen molar-refractivity contribution < 1.29 is 0 Å². The minimum absolute atomic E-state index is 0.401. The van der Waals surface area contributed by atoms with E-state index in [1.807, 2.05) is 19.2 Å². The topological polar surface area (TPSA) is 72.5 Å². The molecule has 0 aliphatic heterocycles. The zero-order valence-corrected chi connectivity index (χ0v) is 6.65. The first kappa shape index (κ1) is 6.90. The zero-order chi connectivity index (χ0) is 8.55. The molecule has 0 amide bonds. The first-order valence-electron chi connectivity index (χ1n) is 3.59. The van der Waals surface area contributed by atoms with Crippen LogP contribution in [0.4, 0.5) is 5.95 Å². The number of imidazole rings is 1. The molecule has 5 heteroatoms. The second-order valence-corrected chi connectivity index (χ2v) is 2.56. The standard InChI is InChI=1S/C7H9N5/c1-5-2-3-12(11-5)6-4-9-7(8)10-6/h2-4H,1H3,(H3,8,9,10). The second-order valence-electron chi connectivity index (χ2n) is 2.56. The quantitative estimate of drug-likeness (QED) is 0.642. The molecule has 0 saturated heterocycles. The number of anilines is 1. The first-order valence-corrected chi connectivity index (χ1v) is 3.59. The highest BCUT2D eigenvalue weighted by atomic mass is 15.3. The van der Waals surface area contributed by atoms with Crippen molar-refractivity contribution in [2.75, 3.05) is 5.73 Å². The summed E-state index contributed by atoms with van der Waals surface area (Å²) in [7, 11) is 0. The van der Waals surface area contributed by atoms with E-state index < -0.39 is 0 Å². The Hall–Kier alpha value is -1.78. The lowest BCUT2D eigenvalue weighted by molar-refractivity contribution is 0.840. The number of nitrogens with one attached hydrogen (secondary N) is 1.